The maximum atomic E-state index is 12.9. The van der Waals surface area contributed by atoms with Crippen LogP contribution in [0.1, 0.15) is 19.4 Å². The van der Waals surface area contributed by atoms with E-state index in [1.165, 1.54) is 6.92 Å². The quantitative estimate of drug-likeness (QED) is 0.160. The van der Waals surface area contributed by atoms with E-state index in [9.17, 15) is 29.4 Å². The number of hydrogen-bond donors (Lipinski definition) is 8. The van der Waals surface area contributed by atoms with Gasteiger partial charge in [0.2, 0.25) is 17.7 Å². The van der Waals surface area contributed by atoms with Gasteiger partial charge >= 0.3 is 5.97 Å². The van der Waals surface area contributed by atoms with Gasteiger partial charge in [0.05, 0.1) is 18.8 Å². The van der Waals surface area contributed by atoms with E-state index in [1.807, 2.05) is 0 Å². The fraction of sp³-hybridized carbons (Fsp3) is 0.500. The Bertz CT molecular complexity index is 787. The molecule has 32 heavy (non-hydrogen) atoms. The first kappa shape index (κ1) is 27.0. The Morgan fingerprint density at radius 1 is 0.875 bits per heavy atom. The van der Waals surface area contributed by atoms with Crippen molar-refractivity contribution >= 4 is 23.7 Å². The van der Waals surface area contributed by atoms with Gasteiger partial charge in [0.25, 0.3) is 0 Å². The van der Waals surface area contributed by atoms with Crippen LogP contribution in [0.25, 0.3) is 0 Å². The number of hydrogen-bond acceptors (Lipinski definition) is 8. The second-order valence-corrected chi connectivity index (χ2v) is 7.33. The van der Waals surface area contributed by atoms with Crippen molar-refractivity contribution in [1.29, 1.82) is 0 Å². The largest absolute Gasteiger partial charge is 0.480 e. The Morgan fingerprint density at radius 2 is 1.41 bits per heavy atom. The van der Waals surface area contributed by atoms with Crippen LogP contribution in [0.3, 0.4) is 0 Å². The number of carbonyl (C=O) groups excluding carboxylic acids is 3. The van der Waals surface area contributed by atoms with Crippen LogP contribution in [-0.4, -0.2) is 87.1 Å². The Hall–Kier alpha value is -3.06. The molecule has 6 unspecified atom stereocenters. The van der Waals surface area contributed by atoms with E-state index >= 15 is 0 Å². The van der Waals surface area contributed by atoms with Gasteiger partial charge in [0.1, 0.15) is 18.1 Å². The maximum absolute atomic E-state index is 12.9. The lowest BCUT2D eigenvalue weighted by Gasteiger charge is -2.27. The van der Waals surface area contributed by atoms with Crippen molar-refractivity contribution in [3.8, 4) is 0 Å². The van der Waals surface area contributed by atoms with E-state index in [2.05, 4.69) is 16.0 Å². The number of nitrogens with two attached hydrogens (primary N) is 1. The zero-order chi connectivity index (χ0) is 24.4. The average molecular weight is 454 g/mol. The summed E-state index contributed by atoms with van der Waals surface area (Å²) in [4.78, 5) is 48.7. The van der Waals surface area contributed by atoms with Crippen molar-refractivity contribution in [3.63, 3.8) is 0 Å². The molecule has 0 aliphatic heterocycles. The Labute approximate surface area is 184 Å². The molecule has 178 valence electrons. The third-order valence-corrected chi connectivity index (χ3v) is 4.56. The van der Waals surface area contributed by atoms with Crippen molar-refractivity contribution in [2.24, 2.45) is 5.73 Å². The second kappa shape index (κ2) is 12.7. The lowest BCUT2D eigenvalue weighted by Crippen LogP contribution is -2.61. The van der Waals surface area contributed by atoms with Crippen molar-refractivity contribution in [2.45, 2.75) is 56.6 Å². The molecule has 0 aromatic heterocycles. The van der Waals surface area contributed by atoms with E-state index in [1.54, 1.807) is 30.3 Å². The summed E-state index contributed by atoms with van der Waals surface area (Å²) in [6, 6.07) is 2.87. The predicted molar refractivity (Wildman–Crippen MR) is 112 cm³/mol. The molecule has 0 bridgehead atoms. The third kappa shape index (κ3) is 8.23. The van der Waals surface area contributed by atoms with Gasteiger partial charge in [0, 0.05) is 6.42 Å². The van der Waals surface area contributed by atoms with Gasteiger partial charge in [-0.15, -0.1) is 0 Å². The first-order chi connectivity index (χ1) is 15.0. The summed E-state index contributed by atoms with van der Waals surface area (Å²) in [5.41, 5.74) is 6.16. The predicted octanol–water partition coefficient (Wildman–Crippen LogP) is -3.15. The van der Waals surface area contributed by atoms with Crippen LogP contribution < -0.4 is 21.7 Å². The Morgan fingerprint density at radius 3 is 1.88 bits per heavy atom. The van der Waals surface area contributed by atoms with Crippen LogP contribution in [0.15, 0.2) is 30.3 Å². The lowest BCUT2D eigenvalue weighted by molar-refractivity contribution is -0.146. The van der Waals surface area contributed by atoms with E-state index in [0.29, 0.717) is 5.56 Å². The molecule has 0 spiro atoms. The van der Waals surface area contributed by atoms with Crippen LogP contribution in [0.4, 0.5) is 0 Å². The van der Waals surface area contributed by atoms with Gasteiger partial charge in [-0.1, -0.05) is 30.3 Å². The maximum Gasteiger partial charge on any atom is 0.328 e. The second-order valence-electron chi connectivity index (χ2n) is 7.33. The highest BCUT2D eigenvalue weighted by atomic mass is 16.4. The highest BCUT2D eigenvalue weighted by Crippen LogP contribution is 2.06. The summed E-state index contributed by atoms with van der Waals surface area (Å²) in [6.45, 7) is 1.71. The zero-order valence-corrected chi connectivity index (χ0v) is 17.8. The number of rotatable bonds is 12. The fourth-order valence-corrected chi connectivity index (χ4v) is 2.71. The van der Waals surface area contributed by atoms with Crippen LogP contribution in [0, 0.1) is 0 Å². The smallest absolute Gasteiger partial charge is 0.328 e. The zero-order valence-electron chi connectivity index (χ0n) is 17.8. The molecule has 0 aliphatic rings. The highest BCUT2D eigenvalue weighted by Gasteiger charge is 2.34. The fourth-order valence-electron chi connectivity index (χ4n) is 2.71. The number of carboxylic acids is 1. The molecular weight excluding hydrogens is 424 g/mol. The Kier molecular flexibility index (Phi) is 10.7. The highest BCUT2D eigenvalue weighted by molar-refractivity contribution is 5.94. The molecular formula is C20H30N4O8. The van der Waals surface area contributed by atoms with Crippen LogP contribution in [-0.2, 0) is 25.6 Å². The van der Waals surface area contributed by atoms with Gasteiger partial charge in [0.15, 0.2) is 6.04 Å². The number of aliphatic hydroxyl groups is 3. The Balaban J connectivity index is 3.05. The minimum atomic E-state index is -1.66. The van der Waals surface area contributed by atoms with Gasteiger partial charge in [-0.3, -0.25) is 14.4 Å². The summed E-state index contributed by atoms with van der Waals surface area (Å²) in [7, 11) is 0. The van der Waals surface area contributed by atoms with E-state index in [0.717, 1.165) is 6.92 Å². The summed E-state index contributed by atoms with van der Waals surface area (Å²) in [5, 5.41) is 44.4. The monoisotopic (exact) mass is 454 g/mol. The number of carbonyl (C=O) groups is 4. The number of amides is 3. The third-order valence-electron chi connectivity index (χ3n) is 4.56. The molecule has 0 radical (unpaired) electrons. The number of benzene rings is 1. The van der Waals surface area contributed by atoms with Crippen LogP contribution >= 0.6 is 0 Å². The molecule has 1 aromatic carbocycles. The minimum absolute atomic E-state index is 0.0101. The standard InChI is InChI=1S/C20H30N4O8/c1-10(26)15(19(30)24-16(11(2)27)20(31)32)23-18(29)14(22-17(28)13(21)9-25)8-12-6-4-3-5-7-12/h3-7,10-11,13-16,25-27H,8-9,21H2,1-2H3,(H,22,28)(H,23,29)(H,24,30)(H,31,32). The lowest BCUT2D eigenvalue weighted by atomic mass is 10.0. The molecule has 0 aliphatic carbocycles. The van der Waals surface area contributed by atoms with Gasteiger partial charge in [-0.25, -0.2) is 4.79 Å². The van der Waals surface area contributed by atoms with E-state index in [-0.39, 0.29) is 6.42 Å². The SMILES string of the molecule is CC(O)C(NC(=O)C(NC(=O)C(Cc1ccccc1)NC(=O)C(N)CO)C(C)O)C(=O)O. The first-order valence-corrected chi connectivity index (χ1v) is 9.88. The van der Waals surface area contributed by atoms with Gasteiger partial charge < -0.3 is 42.1 Å². The number of carboxylic acid groups (broad SMARTS) is 1. The molecule has 0 saturated heterocycles. The van der Waals surface area contributed by atoms with Crippen molar-refractivity contribution < 1.29 is 39.6 Å². The summed E-state index contributed by atoms with van der Waals surface area (Å²) in [6.07, 6.45) is -2.86. The first-order valence-electron chi connectivity index (χ1n) is 9.88. The molecule has 9 N–H and O–H groups in total. The van der Waals surface area contributed by atoms with E-state index in [4.69, 9.17) is 15.9 Å². The molecule has 12 nitrogen and oxygen atoms in total. The molecule has 12 heteroatoms. The molecule has 1 rings (SSSR count). The molecule has 6 atom stereocenters. The summed E-state index contributed by atoms with van der Waals surface area (Å²) >= 11 is 0. The summed E-state index contributed by atoms with van der Waals surface area (Å²) in [5.74, 6) is -4.20. The van der Waals surface area contributed by atoms with Gasteiger partial charge in [-0.2, -0.15) is 0 Å². The number of aliphatic carboxylic acids is 1. The van der Waals surface area contributed by atoms with Gasteiger partial charge in [-0.05, 0) is 19.4 Å². The number of nitrogens with one attached hydrogen (secondary N) is 3. The normalized spacial score (nSPS) is 16.6. The van der Waals surface area contributed by atoms with Crippen molar-refractivity contribution in [2.75, 3.05) is 6.61 Å². The minimum Gasteiger partial charge on any atom is -0.480 e. The molecule has 3 amide bonds. The van der Waals surface area contributed by atoms with Crippen molar-refractivity contribution in [1.82, 2.24) is 16.0 Å². The molecule has 1 aromatic rings. The summed E-state index contributed by atoms with van der Waals surface area (Å²) < 4.78 is 0. The van der Waals surface area contributed by atoms with Crippen LogP contribution in [0.2, 0.25) is 0 Å². The molecule has 0 heterocycles. The molecule has 0 saturated carbocycles. The van der Waals surface area contributed by atoms with Crippen molar-refractivity contribution in [3.05, 3.63) is 35.9 Å². The topological polar surface area (TPSA) is 211 Å². The van der Waals surface area contributed by atoms with E-state index < -0.39 is 66.7 Å². The average Bonchev–Trinajstić information content (AvgIpc) is 2.74. The van der Waals surface area contributed by atoms with Crippen LogP contribution in [0.5, 0.6) is 0 Å². The number of aliphatic hydroxyl groups excluding tert-OH is 3. The molecule has 0 fully saturated rings.